The van der Waals surface area contributed by atoms with Crippen molar-refractivity contribution in [2.75, 3.05) is 6.61 Å². The van der Waals surface area contributed by atoms with Crippen LogP contribution in [0.1, 0.15) is 37.3 Å². The maximum Gasteiger partial charge on any atom is 0.351 e. The van der Waals surface area contributed by atoms with Gasteiger partial charge < -0.3 is 18.9 Å². The van der Waals surface area contributed by atoms with Crippen LogP contribution in [0.3, 0.4) is 0 Å². The van der Waals surface area contributed by atoms with Crippen molar-refractivity contribution in [1.82, 2.24) is 9.55 Å². The van der Waals surface area contributed by atoms with Crippen molar-refractivity contribution >= 4 is 29.5 Å². The first kappa shape index (κ1) is 27.8. The van der Waals surface area contributed by atoms with Gasteiger partial charge in [-0.05, 0) is 42.5 Å². The van der Waals surface area contributed by atoms with Crippen molar-refractivity contribution < 1.29 is 33.3 Å². The van der Waals surface area contributed by atoms with Crippen molar-refractivity contribution in [2.24, 2.45) is 0 Å². The fraction of sp³-hybridized carbons (Fsp3) is 0.167. The second-order valence-electron chi connectivity index (χ2n) is 8.94. The van der Waals surface area contributed by atoms with Crippen LogP contribution in [-0.2, 0) is 18.9 Å². The normalized spacial score (nSPS) is 19.7. The zero-order chi connectivity index (χ0) is 28.8. The summed E-state index contributed by atoms with van der Waals surface area (Å²) in [5, 5.41) is -0.0533. The van der Waals surface area contributed by atoms with Crippen LogP contribution in [0.15, 0.2) is 108 Å². The Hall–Kier alpha value is -4.80. The summed E-state index contributed by atoms with van der Waals surface area (Å²) in [7, 11) is 0. The minimum absolute atomic E-state index is 0.0533. The highest BCUT2D eigenvalue weighted by molar-refractivity contribution is 6.29. The average molecular weight is 575 g/mol. The Morgan fingerprint density at radius 3 is 1.73 bits per heavy atom. The van der Waals surface area contributed by atoms with Crippen molar-refractivity contribution in [1.29, 1.82) is 0 Å². The Labute approximate surface area is 239 Å². The topological polar surface area (TPSA) is 123 Å². The van der Waals surface area contributed by atoms with Crippen molar-refractivity contribution in [3.63, 3.8) is 0 Å². The molecule has 0 amide bonds. The van der Waals surface area contributed by atoms with E-state index in [0.717, 1.165) is 4.57 Å². The molecule has 2 heterocycles. The molecule has 0 unspecified atom stereocenters. The van der Waals surface area contributed by atoms with Gasteiger partial charge in [-0.1, -0.05) is 66.2 Å². The first-order valence-electron chi connectivity index (χ1n) is 12.5. The molecule has 0 saturated carbocycles. The molecule has 208 valence electrons. The van der Waals surface area contributed by atoms with Gasteiger partial charge in [-0.3, -0.25) is 4.57 Å². The van der Waals surface area contributed by atoms with Crippen LogP contribution in [-0.4, -0.2) is 52.4 Å². The summed E-state index contributed by atoms with van der Waals surface area (Å²) in [5.74, 6) is -2.13. The van der Waals surface area contributed by atoms with Gasteiger partial charge in [0.2, 0.25) is 0 Å². The largest absolute Gasteiger partial charge is 0.459 e. The summed E-state index contributed by atoms with van der Waals surface area (Å²) < 4.78 is 24.3. The fourth-order valence-electron chi connectivity index (χ4n) is 4.27. The summed E-state index contributed by atoms with van der Waals surface area (Å²) >= 11 is 5.88. The van der Waals surface area contributed by atoms with E-state index in [1.165, 1.54) is 12.3 Å². The van der Waals surface area contributed by atoms with Crippen LogP contribution in [0, 0.1) is 0 Å². The molecule has 1 aliphatic rings. The minimum atomic E-state index is -1.34. The Kier molecular flexibility index (Phi) is 8.52. The molecular weight excluding hydrogens is 552 g/mol. The number of ether oxygens (including phenoxy) is 4. The standard InChI is InChI=1S/C30H23ClN2O8/c31-23-16-17-33(30(37)32-23)26-25(41-29(36)21-14-8-3-9-15-21)24(40-28(35)20-12-6-2-7-13-20)22(39-26)18-38-27(34)19-10-4-1-5-11-19/h1-17,22,24-26H,18H2/t22-,24-,25-,26-/m1/s1. The minimum Gasteiger partial charge on any atom is -0.459 e. The van der Waals surface area contributed by atoms with Gasteiger partial charge in [0.1, 0.15) is 17.9 Å². The highest BCUT2D eigenvalue weighted by Crippen LogP contribution is 2.35. The number of hydrogen-bond donors (Lipinski definition) is 0. The molecule has 1 aliphatic heterocycles. The van der Waals surface area contributed by atoms with Crippen molar-refractivity contribution in [2.45, 2.75) is 24.5 Å². The predicted molar refractivity (Wildman–Crippen MR) is 145 cm³/mol. The van der Waals surface area contributed by atoms with E-state index in [0.29, 0.717) is 5.56 Å². The Morgan fingerprint density at radius 1 is 0.732 bits per heavy atom. The molecule has 0 bridgehead atoms. The van der Waals surface area contributed by atoms with Crippen LogP contribution in [0.4, 0.5) is 0 Å². The summed E-state index contributed by atoms with van der Waals surface area (Å²) in [4.78, 5) is 55.5. The molecule has 4 aromatic rings. The number of halogens is 1. The van der Waals surface area contributed by atoms with Crippen LogP contribution < -0.4 is 5.69 Å². The summed E-state index contributed by atoms with van der Waals surface area (Å²) in [6.07, 6.45) is -3.73. The number of aromatic nitrogens is 2. The van der Waals surface area contributed by atoms with Gasteiger partial charge in [0, 0.05) is 6.20 Å². The van der Waals surface area contributed by atoms with Gasteiger partial charge >= 0.3 is 23.6 Å². The number of benzene rings is 3. The molecule has 0 spiro atoms. The zero-order valence-electron chi connectivity index (χ0n) is 21.4. The number of hydrogen-bond acceptors (Lipinski definition) is 9. The van der Waals surface area contributed by atoms with E-state index in [-0.39, 0.29) is 22.9 Å². The summed E-state index contributed by atoms with van der Waals surface area (Å²) in [5.41, 5.74) is -0.0438. The SMILES string of the molecule is O=C(OC[C@H]1O[C@@H](n2ccc(Cl)nc2=O)[C@H](OC(=O)c2ccccc2)[C@@H]1OC(=O)c1ccccc1)c1ccccc1. The summed E-state index contributed by atoms with van der Waals surface area (Å²) in [6, 6.07) is 26.0. The number of esters is 3. The molecule has 4 atom stereocenters. The first-order chi connectivity index (χ1) is 19.9. The Balaban J connectivity index is 1.49. The van der Waals surface area contributed by atoms with Gasteiger partial charge in [0.25, 0.3) is 0 Å². The molecule has 1 saturated heterocycles. The van der Waals surface area contributed by atoms with Gasteiger partial charge in [-0.15, -0.1) is 0 Å². The quantitative estimate of drug-likeness (QED) is 0.174. The number of rotatable bonds is 8. The van der Waals surface area contributed by atoms with E-state index < -0.39 is 48.1 Å². The predicted octanol–water partition coefficient (Wildman–Crippen LogP) is 4.10. The third-order valence-electron chi connectivity index (χ3n) is 6.25. The number of carbonyl (C=O) groups excluding carboxylic acids is 3. The molecule has 0 radical (unpaired) electrons. The fourth-order valence-corrected chi connectivity index (χ4v) is 4.40. The molecule has 5 rings (SSSR count). The van der Waals surface area contributed by atoms with Gasteiger partial charge in [-0.2, -0.15) is 4.98 Å². The molecule has 41 heavy (non-hydrogen) atoms. The molecule has 1 fully saturated rings. The molecule has 11 heteroatoms. The van der Waals surface area contributed by atoms with E-state index in [2.05, 4.69) is 4.98 Å². The molecule has 0 N–H and O–H groups in total. The van der Waals surface area contributed by atoms with Crippen LogP contribution in [0.5, 0.6) is 0 Å². The lowest BCUT2D eigenvalue weighted by molar-refractivity contribution is -0.0639. The highest BCUT2D eigenvalue weighted by atomic mass is 35.5. The smallest absolute Gasteiger partial charge is 0.351 e. The maximum absolute atomic E-state index is 13.1. The zero-order valence-corrected chi connectivity index (χ0v) is 22.1. The lowest BCUT2D eigenvalue weighted by atomic mass is 10.1. The molecule has 1 aromatic heterocycles. The lowest BCUT2D eigenvalue weighted by Gasteiger charge is -2.25. The van der Waals surface area contributed by atoms with E-state index in [1.807, 2.05) is 0 Å². The van der Waals surface area contributed by atoms with Gasteiger partial charge in [0.05, 0.1) is 16.7 Å². The molecule has 3 aromatic carbocycles. The van der Waals surface area contributed by atoms with Crippen LogP contribution in [0.25, 0.3) is 0 Å². The Morgan fingerprint density at radius 2 is 1.22 bits per heavy atom. The first-order valence-corrected chi connectivity index (χ1v) is 12.9. The van der Waals surface area contributed by atoms with Gasteiger partial charge in [-0.25, -0.2) is 19.2 Å². The maximum atomic E-state index is 13.1. The monoisotopic (exact) mass is 574 g/mol. The highest BCUT2D eigenvalue weighted by Gasteiger charge is 2.51. The summed E-state index contributed by atoms with van der Waals surface area (Å²) in [6.45, 7) is -0.383. The van der Waals surface area contributed by atoms with E-state index in [9.17, 15) is 19.2 Å². The Bertz CT molecular complexity index is 1580. The molecule has 10 nitrogen and oxygen atoms in total. The van der Waals surface area contributed by atoms with Crippen LogP contribution >= 0.6 is 11.6 Å². The second-order valence-corrected chi connectivity index (χ2v) is 9.33. The van der Waals surface area contributed by atoms with E-state index in [1.54, 1.807) is 91.0 Å². The van der Waals surface area contributed by atoms with Crippen molar-refractivity contribution in [3.8, 4) is 0 Å². The van der Waals surface area contributed by atoms with Crippen molar-refractivity contribution in [3.05, 3.63) is 136 Å². The van der Waals surface area contributed by atoms with E-state index in [4.69, 9.17) is 30.5 Å². The number of carbonyl (C=O) groups is 3. The molecular formula is C30H23ClN2O8. The third kappa shape index (κ3) is 6.51. The second kappa shape index (κ2) is 12.6. The molecule has 0 aliphatic carbocycles. The third-order valence-corrected chi connectivity index (χ3v) is 6.46. The van der Waals surface area contributed by atoms with Crippen LogP contribution in [0.2, 0.25) is 5.15 Å². The lowest BCUT2D eigenvalue weighted by Crippen LogP contribution is -2.42. The van der Waals surface area contributed by atoms with Gasteiger partial charge in [0.15, 0.2) is 18.4 Å². The van der Waals surface area contributed by atoms with E-state index >= 15 is 0 Å². The number of nitrogens with zero attached hydrogens (tertiary/aromatic N) is 2. The average Bonchev–Trinajstić information content (AvgIpc) is 3.33.